The Morgan fingerprint density at radius 1 is 1.30 bits per heavy atom. The largest absolute Gasteiger partial charge is 0.497 e. The van der Waals surface area contributed by atoms with Crippen LogP contribution in [-0.4, -0.2) is 40.6 Å². The Morgan fingerprint density at radius 3 is 2.70 bits per heavy atom. The quantitative estimate of drug-likeness (QED) is 0.701. The Hall–Kier alpha value is -2.81. The first-order valence-electron chi connectivity index (χ1n) is 9.41. The van der Waals surface area contributed by atoms with Crippen molar-refractivity contribution in [2.75, 3.05) is 13.7 Å². The van der Waals surface area contributed by atoms with Gasteiger partial charge in [0.2, 0.25) is 17.6 Å². The highest BCUT2D eigenvalue weighted by atomic mass is 16.5. The lowest BCUT2D eigenvalue weighted by Gasteiger charge is -2.33. The van der Waals surface area contributed by atoms with Gasteiger partial charge >= 0.3 is 0 Å². The standard InChI is InChI=1S/C21H25N3O3/c1-3-15-24(17-7-5-4-6-8-17)20(25)14-13-19-22-21(23-27-19)16-9-11-18(26-2)12-10-16/h1,9-12,17H,4-8,13-15H2,2H3. The van der Waals surface area contributed by atoms with Gasteiger partial charge in [0.25, 0.3) is 0 Å². The van der Waals surface area contributed by atoms with Crippen LogP contribution >= 0.6 is 0 Å². The summed E-state index contributed by atoms with van der Waals surface area (Å²) in [5.41, 5.74) is 0.841. The fraction of sp³-hybridized carbons (Fsp3) is 0.476. The van der Waals surface area contributed by atoms with Crippen molar-refractivity contribution in [3.8, 4) is 29.5 Å². The fourth-order valence-electron chi connectivity index (χ4n) is 3.48. The average molecular weight is 367 g/mol. The molecular formula is C21H25N3O3. The smallest absolute Gasteiger partial charge is 0.227 e. The molecule has 0 unspecified atom stereocenters. The molecule has 0 atom stereocenters. The number of aryl methyl sites for hydroxylation is 1. The van der Waals surface area contributed by atoms with E-state index in [1.165, 1.54) is 6.42 Å². The van der Waals surface area contributed by atoms with Crippen LogP contribution in [0.4, 0.5) is 0 Å². The first-order valence-corrected chi connectivity index (χ1v) is 9.41. The Bertz CT molecular complexity index is 786. The molecule has 3 rings (SSSR count). The van der Waals surface area contributed by atoms with E-state index in [2.05, 4.69) is 16.1 Å². The summed E-state index contributed by atoms with van der Waals surface area (Å²) in [6.45, 7) is 0.366. The number of nitrogens with zero attached hydrogens (tertiary/aromatic N) is 3. The van der Waals surface area contributed by atoms with Gasteiger partial charge < -0.3 is 14.2 Å². The van der Waals surface area contributed by atoms with Crippen molar-refractivity contribution in [3.05, 3.63) is 30.2 Å². The maximum Gasteiger partial charge on any atom is 0.227 e. The van der Waals surface area contributed by atoms with Crippen molar-refractivity contribution in [3.63, 3.8) is 0 Å². The molecule has 1 saturated carbocycles. The second-order valence-electron chi connectivity index (χ2n) is 6.76. The van der Waals surface area contributed by atoms with Gasteiger partial charge in [-0.1, -0.05) is 30.3 Å². The highest BCUT2D eigenvalue weighted by Crippen LogP contribution is 2.24. The van der Waals surface area contributed by atoms with Gasteiger partial charge in [0, 0.05) is 24.4 Å². The van der Waals surface area contributed by atoms with Crippen molar-refractivity contribution in [2.45, 2.75) is 51.0 Å². The van der Waals surface area contributed by atoms with Crippen LogP contribution in [0.3, 0.4) is 0 Å². The van der Waals surface area contributed by atoms with Crippen molar-refractivity contribution >= 4 is 5.91 Å². The van der Waals surface area contributed by atoms with Gasteiger partial charge in [-0.3, -0.25) is 4.79 Å². The van der Waals surface area contributed by atoms with Crippen LogP contribution in [0.25, 0.3) is 11.4 Å². The van der Waals surface area contributed by atoms with Gasteiger partial charge in [0.1, 0.15) is 5.75 Å². The third kappa shape index (κ3) is 4.88. The first-order chi connectivity index (χ1) is 13.2. The van der Waals surface area contributed by atoms with Crippen molar-refractivity contribution in [1.29, 1.82) is 0 Å². The van der Waals surface area contributed by atoms with Crippen molar-refractivity contribution in [1.82, 2.24) is 15.0 Å². The highest BCUT2D eigenvalue weighted by Gasteiger charge is 2.25. The minimum atomic E-state index is 0.0593. The molecule has 0 bridgehead atoms. The topological polar surface area (TPSA) is 68.5 Å². The summed E-state index contributed by atoms with van der Waals surface area (Å²) >= 11 is 0. The summed E-state index contributed by atoms with van der Waals surface area (Å²) in [6, 6.07) is 7.69. The van der Waals surface area contributed by atoms with Crippen LogP contribution in [0.15, 0.2) is 28.8 Å². The number of hydrogen-bond donors (Lipinski definition) is 0. The van der Waals surface area contributed by atoms with Crippen molar-refractivity contribution < 1.29 is 14.1 Å². The summed E-state index contributed by atoms with van der Waals surface area (Å²) < 4.78 is 10.5. The van der Waals surface area contributed by atoms with Crippen LogP contribution < -0.4 is 4.74 Å². The van der Waals surface area contributed by atoms with E-state index in [4.69, 9.17) is 15.7 Å². The number of amides is 1. The van der Waals surface area contributed by atoms with Gasteiger partial charge in [-0.2, -0.15) is 4.98 Å². The molecule has 1 aliphatic rings. The monoisotopic (exact) mass is 367 g/mol. The number of aromatic nitrogens is 2. The summed E-state index contributed by atoms with van der Waals surface area (Å²) in [5, 5.41) is 4.01. The SMILES string of the molecule is C#CCN(C(=O)CCc1nc(-c2ccc(OC)cc2)no1)C1CCCCC1. The highest BCUT2D eigenvalue weighted by molar-refractivity contribution is 5.77. The maximum atomic E-state index is 12.7. The van der Waals surface area contributed by atoms with E-state index in [1.807, 2.05) is 29.2 Å². The number of hydrogen-bond acceptors (Lipinski definition) is 5. The van der Waals surface area contributed by atoms with Gasteiger partial charge in [-0.25, -0.2) is 0 Å². The van der Waals surface area contributed by atoms with Crippen LogP contribution in [0.1, 0.15) is 44.4 Å². The number of rotatable bonds is 7. The van der Waals surface area contributed by atoms with Crippen LogP contribution in [0.2, 0.25) is 0 Å². The van der Waals surface area contributed by atoms with Gasteiger partial charge in [-0.15, -0.1) is 6.42 Å². The van der Waals surface area contributed by atoms with Crippen LogP contribution in [0, 0.1) is 12.3 Å². The Balaban J connectivity index is 1.59. The zero-order valence-electron chi connectivity index (χ0n) is 15.7. The van der Waals surface area contributed by atoms with Gasteiger partial charge in [0.05, 0.1) is 13.7 Å². The third-order valence-corrected chi connectivity index (χ3v) is 4.97. The van der Waals surface area contributed by atoms with E-state index in [9.17, 15) is 4.79 Å². The minimum Gasteiger partial charge on any atom is -0.497 e. The summed E-state index contributed by atoms with van der Waals surface area (Å²) in [5.74, 6) is 4.41. The first kappa shape index (κ1) is 19.0. The minimum absolute atomic E-state index is 0.0593. The molecule has 1 heterocycles. The van der Waals surface area contributed by atoms with Gasteiger partial charge in [0.15, 0.2) is 0 Å². The molecule has 142 valence electrons. The lowest BCUT2D eigenvalue weighted by Crippen LogP contribution is -2.41. The molecule has 1 aliphatic carbocycles. The van der Waals surface area contributed by atoms with E-state index in [0.717, 1.165) is 37.0 Å². The van der Waals surface area contributed by atoms with E-state index < -0.39 is 0 Å². The zero-order chi connectivity index (χ0) is 19.1. The number of benzene rings is 1. The number of ether oxygens (including phenoxy) is 1. The Morgan fingerprint density at radius 2 is 2.04 bits per heavy atom. The normalized spacial score (nSPS) is 14.5. The van der Waals surface area contributed by atoms with Crippen LogP contribution in [-0.2, 0) is 11.2 Å². The molecule has 2 aromatic rings. The van der Waals surface area contributed by atoms with E-state index in [1.54, 1.807) is 7.11 Å². The molecule has 1 amide bonds. The molecule has 6 nitrogen and oxygen atoms in total. The molecule has 0 spiro atoms. The average Bonchev–Trinajstić information content (AvgIpc) is 3.20. The molecule has 1 fully saturated rings. The number of methoxy groups -OCH3 is 1. The zero-order valence-corrected chi connectivity index (χ0v) is 15.7. The molecule has 1 aromatic heterocycles. The van der Waals surface area contributed by atoms with E-state index >= 15 is 0 Å². The third-order valence-electron chi connectivity index (χ3n) is 4.97. The Labute approximate surface area is 159 Å². The maximum absolute atomic E-state index is 12.7. The predicted molar refractivity (Wildman–Crippen MR) is 102 cm³/mol. The predicted octanol–water partition coefficient (Wildman–Crippen LogP) is 3.47. The van der Waals surface area contributed by atoms with Gasteiger partial charge in [-0.05, 0) is 37.1 Å². The second-order valence-corrected chi connectivity index (χ2v) is 6.76. The summed E-state index contributed by atoms with van der Waals surface area (Å²) in [7, 11) is 1.62. The summed E-state index contributed by atoms with van der Waals surface area (Å²) in [4.78, 5) is 18.9. The molecular weight excluding hydrogens is 342 g/mol. The number of carbonyl (C=O) groups is 1. The van der Waals surface area contributed by atoms with E-state index in [-0.39, 0.29) is 11.9 Å². The molecule has 0 saturated heterocycles. The molecule has 1 aromatic carbocycles. The Kier molecular flexibility index (Phi) is 6.48. The second kappa shape index (κ2) is 9.22. The number of carbonyl (C=O) groups excluding carboxylic acids is 1. The molecule has 6 heteroatoms. The number of terminal acetylenes is 1. The molecule has 0 N–H and O–H groups in total. The summed E-state index contributed by atoms with van der Waals surface area (Å²) in [6.07, 6.45) is 11.8. The van der Waals surface area contributed by atoms with Crippen molar-refractivity contribution in [2.24, 2.45) is 0 Å². The van der Waals surface area contributed by atoms with E-state index in [0.29, 0.717) is 31.1 Å². The molecule has 27 heavy (non-hydrogen) atoms. The lowest BCUT2D eigenvalue weighted by atomic mass is 9.94. The fourth-order valence-corrected chi connectivity index (χ4v) is 3.48. The lowest BCUT2D eigenvalue weighted by molar-refractivity contribution is -0.133. The molecule has 0 aliphatic heterocycles. The molecule has 0 radical (unpaired) electrons. The van der Waals surface area contributed by atoms with Crippen LogP contribution in [0.5, 0.6) is 5.75 Å².